The largest absolute Gasteiger partial charge is 0.331 e. The van der Waals surface area contributed by atoms with Gasteiger partial charge in [0.25, 0.3) is 0 Å². The molecule has 0 aromatic heterocycles. The molecular formula is C6H16N+. The SMILES string of the molecule is [2H]C[N+](C)(C)CCC. The first-order chi connectivity index (χ1) is 3.62. The van der Waals surface area contributed by atoms with Crippen LogP contribution in [0.15, 0.2) is 0 Å². The second-order valence-electron chi connectivity index (χ2n) is 2.66. The Labute approximate surface area is 47.9 Å². The molecule has 0 aliphatic rings. The number of rotatable bonds is 2. The first-order valence-electron chi connectivity index (χ1n) is 3.44. The van der Waals surface area contributed by atoms with Crippen molar-refractivity contribution in [3.63, 3.8) is 0 Å². The molecule has 0 aromatic rings. The lowest BCUT2D eigenvalue weighted by Gasteiger charge is -2.22. The lowest BCUT2D eigenvalue weighted by Crippen LogP contribution is -2.34. The van der Waals surface area contributed by atoms with E-state index in [1.807, 2.05) is 0 Å². The van der Waals surface area contributed by atoms with E-state index in [4.69, 9.17) is 1.37 Å². The highest BCUT2D eigenvalue weighted by atomic mass is 15.3. The van der Waals surface area contributed by atoms with E-state index < -0.39 is 0 Å². The van der Waals surface area contributed by atoms with E-state index >= 15 is 0 Å². The molecule has 0 aliphatic carbocycles. The fourth-order valence-electron chi connectivity index (χ4n) is 0.605. The molecule has 0 atom stereocenters. The van der Waals surface area contributed by atoms with Crippen molar-refractivity contribution in [3.8, 4) is 0 Å². The Bertz CT molecular complexity index is 61.5. The van der Waals surface area contributed by atoms with Gasteiger partial charge in [0.1, 0.15) is 0 Å². The van der Waals surface area contributed by atoms with Crippen molar-refractivity contribution in [1.29, 1.82) is 0 Å². The van der Waals surface area contributed by atoms with Crippen molar-refractivity contribution < 1.29 is 5.85 Å². The maximum Gasteiger partial charge on any atom is 0.0886 e. The second kappa shape index (κ2) is 2.31. The van der Waals surface area contributed by atoms with Crippen LogP contribution in [0.3, 0.4) is 0 Å². The van der Waals surface area contributed by atoms with Gasteiger partial charge in [0, 0.05) is 0 Å². The van der Waals surface area contributed by atoms with Crippen LogP contribution in [0.4, 0.5) is 0 Å². The predicted molar refractivity (Wildman–Crippen MR) is 33.2 cm³/mol. The van der Waals surface area contributed by atoms with Gasteiger partial charge in [-0.3, -0.25) is 0 Å². The standard InChI is InChI=1S/C6H16N/c1-5-6-7(2,3)4/h5-6H2,1-4H3/q+1/i2D. The highest BCUT2D eigenvalue weighted by molar-refractivity contribution is 4.20. The molecule has 0 amide bonds. The van der Waals surface area contributed by atoms with Gasteiger partial charge in [0.05, 0.1) is 29.0 Å². The minimum Gasteiger partial charge on any atom is -0.331 e. The lowest BCUT2D eigenvalue weighted by molar-refractivity contribution is -0.870. The van der Waals surface area contributed by atoms with Crippen molar-refractivity contribution >= 4 is 0 Å². The average Bonchev–Trinajstić information content (AvgIpc) is 1.67. The van der Waals surface area contributed by atoms with Crippen molar-refractivity contribution in [2.75, 3.05) is 27.7 Å². The Morgan fingerprint density at radius 2 is 2.14 bits per heavy atom. The van der Waals surface area contributed by atoms with E-state index in [1.165, 1.54) is 6.42 Å². The summed E-state index contributed by atoms with van der Waals surface area (Å²) in [7, 11) is 4.65. The maximum atomic E-state index is 7.08. The maximum absolute atomic E-state index is 7.08. The molecule has 0 aliphatic heterocycles. The molecule has 7 heavy (non-hydrogen) atoms. The topological polar surface area (TPSA) is 0 Å². The summed E-state index contributed by atoms with van der Waals surface area (Å²) in [6.07, 6.45) is 1.17. The quantitative estimate of drug-likeness (QED) is 0.459. The Morgan fingerprint density at radius 1 is 1.57 bits per heavy atom. The van der Waals surface area contributed by atoms with Crippen molar-refractivity contribution in [2.24, 2.45) is 0 Å². The Morgan fingerprint density at radius 3 is 2.29 bits per heavy atom. The highest BCUT2D eigenvalue weighted by Crippen LogP contribution is 1.90. The van der Waals surface area contributed by atoms with Crippen LogP contribution in [0.2, 0.25) is 0 Å². The molecule has 0 N–H and O–H groups in total. The minimum absolute atomic E-state index is 0.494. The van der Waals surface area contributed by atoms with Crippen LogP contribution in [-0.4, -0.2) is 32.1 Å². The molecule has 0 rings (SSSR count). The van der Waals surface area contributed by atoms with Crippen LogP contribution in [0.25, 0.3) is 0 Å². The molecule has 0 bridgehead atoms. The first-order valence-corrected chi connectivity index (χ1v) is 2.73. The third-order valence-electron chi connectivity index (χ3n) is 0.829. The van der Waals surface area contributed by atoms with Gasteiger partial charge in [-0.05, 0) is 6.42 Å². The van der Waals surface area contributed by atoms with E-state index in [1.54, 1.807) is 0 Å². The molecule has 0 heterocycles. The number of quaternary nitrogens is 1. The Kier molecular flexibility index (Phi) is 1.69. The fourth-order valence-corrected chi connectivity index (χ4v) is 0.605. The highest BCUT2D eigenvalue weighted by Gasteiger charge is 2.01. The molecule has 1 heteroatoms. The van der Waals surface area contributed by atoms with Gasteiger partial charge < -0.3 is 4.48 Å². The summed E-state index contributed by atoms with van der Waals surface area (Å²) in [5.41, 5.74) is 0. The van der Waals surface area contributed by atoms with Crippen LogP contribution >= 0.6 is 0 Å². The summed E-state index contributed by atoms with van der Waals surface area (Å²) in [6, 6.07) is 0. The summed E-state index contributed by atoms with van der Waals surface area (Å²) in [6.45, 7) is 3.26. The zero-order chi connectivity index (χ0) is 6.62. The van der Waals surface area contributed by atoms with Gasteiger partial charge >= 0.3 is 0 Å². The average molecular weight is 103 g/mol. The summed E-state index contributed by atoms with van der Waals surface area (Å²) < 4.78 is 7.91. The number of nitrogens with zero attached hydrogens (tertiary/aromatic N) is 1. The first kappa shape index (κ1) is 5.10. The molecule has 0 radical (unpaired) electrons. The number of hydrogen-bond donors (Lipinski definition) is 0. The molecule has 1 nitrogen and oxygen atoms in total. The van der Waals surface area contributed by atoms with Crippen LogP contribution in [0.1, 0.15) is 14.7 Å². The molecule has 0 saturated carbocycles. The van der Waals surface area contributed by atoms with Gasteiger partial charge in [0.15, 0.2) is 0 Å². The molecule has 0 unspecified atom stereocenters. The van der Waals surface area contributed by atoms with Gasteiger partial charge in [-0.2, -0.15) is 0 Å². The van der Waals surface area contributed by atoms with E-state index in [0.717, 1.165) is 11.0 Å². The Hall–Kier alpha value is -0.0400. The molecule has 0 saturated heterocycles. The normalized spacial score (nSPS) is 13.9. The van der Waals surface area contributed by atoms with E-state index in [9.17, 15) is 0 Å². The summed E-state index contributed by atoms with van der Waals surface area (Å²) >= 11 is 0. The van der Waals surface area contributed by atoms with Crippen molar-refractivity contribution in [1.82, 2.24) is 0 Å². The molecular weight excluding hydrogens is 86.1 g/mol. The molecule has 0 fully saturated rings. The lowest BCUT2D eigenvalue weighted by atomic mass is 10.4. The van der Waals surface area contributed by atoms with Crippen LogP contribution in [0, 0.1) is 0 Å². The summed E-state index contributed by atoms with van der Waals surface area (Å²) in [5.74, 6) is 0. The van der Waals surface area contributed by atoms with Gasteiger partial charge in [-0.1, -0.05) is 6.92 Å². The third kappa shape index (κ3) is 5.96. The summed E-state index contributed by atoms with van der Waals surface area (Å²) in [4.78, 5) is 0. The second-order valence-corrected chi connectivity index (χ2v) is 2.66. The fraction of sp³-hybridized carbons (Fsp3) is 1.00. The monoisotopic (exact) mass is 103 g/mol. The van der Waals surface area contributed by atoms with Gasteiger partial charge in [-0.25, -0.2) is 0 Å². The van der Waals surface area contributed by atoms with Crippen LogP contribution in [0.5, 0.6) is 0 Å². The van der Waals surface area contributed by atoms with Crippen molar-refractivity contribution in [2.45, 2.75) is 13.3 Å². The zero-order valence-electron chi connectivity index (χ0n) is 6.57. The summed E-state index contributed by atoms with van der Waals surface area (Å²) in [5, 5.41) is 0. The van der Waals surface area contributed by atoms with E-state index in [0.29, 0.717) is 7.02 Å². The number of hydrogen-bond acceptors (Lipinski definition) is 0. The predicted octanol–water partition coefficient (Wildman–Crippen LogP) is 1.10. The molecule has 44 valence electrons. The molecule has 0 spiro atoms. The van der Waals surface area contributed by atoms with Crippen molar-refractivity contribution in [3.05, 3.63) is 0 Å². The van der Waals surface area contributed by atoms with E-state index in [2.05, 4.69) is 21.0 Å². The third-order valence-corrected chi connectivity index (χ3v) is 0.829. The molecule has 0 aromatic carbocycles. The Balaban J connectivity index is 3.37. The minimum atomic E-state index is 0.494. The van der Waals surface area contributed by atoms with Gasteiger partial charge in [0.2, 0.25) is 0 Å². The van der Waals surface area contributed by atoms with Crippen LogP contribution < -0.4 is 0 Å². The zero-order valence-corrected chi connectivity index (χ0v) is 5.57. The van der Waals surface area contributed by atoms with Crippen LogP contribution in [-0.2, 0) is 0 Å². The van der Waals surface area contributed by atoms with Gasteiger partial charge in [-0.15, -0.1) is 0 Å². The van der Waals surface area contributed by atoms with E-state index in [-0.39, 0.29) is 0 Å². The smallest absolute Gasteiger partial charge is 0.0886 e.